The van der Waals surface area contributed by atoms with Crippen LogP contribution >= 0.6 is 24.0 Å². The van der Waals surface area contributed by atoms with Crippen LogP contribution in [0.3, 0.4) is 0 Å². The highest BCUT2D eigenvalue weighted by molar-refractivity contribution is 8.26. The minimum absolute atomic E-state index is 0.0820. The SMILES string of the molecule is CCCCCN1C(=O)/C(=C\c2c(C)c(C#N)c(=O)n(CCC)c2NCCc2ccc(OC)c(OC)c2)SC1=S. The zero-order valence-corrected chi connectivity index (χ0v) is 24.9. The number of rotatable bonds is 13. The van der Waals surface area contributed by atoms with Gasteiger partial charge in [-0.1, -0.05) is 56.7 Å². The minimum atomic E-state index is -0.338. The molecular formula is C29H36N4O4S2. The highest BCUT2D eigenvalue weighted by Crippen LogP contribution is 2.35. The van der Waals surface area contributed by atoms with Gasteiger partial charge in [0.2, 0.25) is 0 Å². The maximum atomic E-state index is 13.3. The molecule has 0 unspecified atom stereocenters. The molecule has 0 spiro atoms. The van der Waals surface area contributed by atoms with Gasteiger partial charge in [0, 0.05) is 25.2 Å². The van der Waals surface area contributed by atoms with Gasteiger partial charge in [-0.15, -0.1) is 0 Å². The molecule has 2 aromatic rings. The summed E-state index contributed by atoms with van der Waals surface area (Å²) < 4.78 is 12.9. The fourth-order valence-electron chi connectivity index (χ4n) is 4.50. The number of methoxy groups -OCH3 is 2. The van der Waals surface area contributed by atoms with E-state index in [4.69, 9.17) is 21.7 Å². The average Bonchev–Trinajstić information content (AvgIpc) is 3.20. The number of aromatic nitrogens is 1. The Morgan fingerprint density at radius 1 is 1.10 bits per heavy atom. The predicted octanol–water partition coefficient (Wildman–Crippen LogP) is 5.50. The standard InChI is InChI=1S/C29H36N4O4S2/c1-6-8-9-15-33-28(35)25(39-29(33)38)17-21-19(3)22(18-30)27(34)32(14-7-2)26(21)31-13-12-20-10-11-23(36-4)24(16-20)37-5/h10-11,16-17,31H,6-9,12-15H2,1-5H3/b25-17+. The monoisotopic (exact) mass is 568 g/mol. The number of nitriles is 1. The maximum Gasteiger partial charge on any atom is 0.270 e. The van der Waals surface area contributed by atoms with Crippen LogP contribution < -0.4 is 20.3 Å². The van der Waals surface area contributed by atoms with E-state index >= 15 is 0 Å². The summed E-state index contributed by atoms with van der Waals surface area (Å²) in [4.78, 5) is 28.7. The Hall–Kier alpha value is -3.29. The molecule has 2 heterocycles. The Balaban J connectivity index is 2.00. The first kappa shape index (κ1) is 30.3. The molecule has 10 heteroatoms. The van der Waals surface area contributed by atoms with Crippen LogP contribution in [0.25, 0.3) is 6.08 Å². The molecule has 3 rings (SSSR count). The Bertz CT molecular complexity index is 1360. The molecule has 1 amide bonds. The number of nitrogens with one attached hydrogen (secondary N) is 1. The van der Waals surface area contributed by atoms with Crippen molar-refractivity contribution in [1.29, 1.82) is 5.26 Å². The number of amides is 1. The van der Waals surface area contributed by atoms with Crippen LogP contribution in [0.4, 0.5) is 5.82 Å². The highest BCUT2D eigenvalue weighted by Gasteiger charge is 2.32. The van der Waals surface area contributed by atoms with Crippen LogP contribution in [0.2, 0.25) is 0 Å². The highest BCUT2D eigenvalue weighted by atomic mass is 32.2. The van der Waals surface area contributed by atoms with Crippen molar-refractivity contribution in [2.45, 2.75) is 59.4 Å². The molecule has 1 aromatic carbocycles. The summed E-state index contributed by atoms with van der Waals surface area (Å²) in [5.41, 5.74) is 1.97. The number of carbonyl (C=O) groups is 1. The topological polar surface area (TPSA) is 96.6 Å². The number of pyridine rings is 1. The summed E-state index contributed by atoms with van der Waals surface area (Å²) in [7, 11) is 3.20. The Morgan fingerprint density at radius 3 is 2.49 bits per heavy atom. The van der Waals surface area contributed by atoms with Gasteiger partial charge in [0.15, 0.2) is 11.5 Å². The molecule has 0 bridgehead atoms. The van der Waals surface area contributed by atoms with Crippen molar-refractivity contribution in [3.63, 3.8) is 0 Å². The number of carbonyl (C=O) groups excluding carboxylic acids is 1. The summed E-state index contributed by atoms with van der Waals surface area (Å²) in [6, 6.07) is 7.84. The molecule has 1 aliphatic heterocycles. The quantitative estimate of drug-likeness (QED) is 0.192. The van der Waals surface area contributed by atoms with Crippen molar-refractivity contribution in [3.8, 4) is 17.6 Å². The van der Waals surface area contributed by atoms with Gasteiger partial charge >= 0.3 is 0 Å². The number of nitrogens with zero attached hydrogens (tertiary/aromatic N) is 3. The molecule has 0 atom stereocenters. The molecule has 1 fully saturated rings. The molecule has 208 valence electrons. The minimum Gasteiger partial charge on any atom is -0.493 e. The van der Waals surface area contributed by atoms with Gasteiger partial charge < -0.3 is 14.8 Å². The molecule has 39 heavy (non-hydrogen) atoms. The van der Waals surface area contributed by atoms with Crippen LogP contribution in [0.5, 0.6) is 11.5 Å². The molecule has 1 aromatic heterocycles. The van der Waals surface area contributed by atoms with Crippen molar-refractivity contribution in [1.82, 2.24) is 9.47 Å². The van der Waals surface area contributed by atoms with E-state index in [2.05, 4.69) is 18.3 Å². The van der Waals surface area contributed by atoms with E-state index in [1.165, 1.54) is 11.8 Å². The van der Waals surface area contributed by atoms with Gasteiger partial charge in [0.1, 0.15) is 21.8 Å². The normalized spacial score (nSPS) is 14.2. The molecule has 1 aliphatic rings. The molecule has 0 saturated carbocycles. The molecule has 0 radical (unpaired) electrons. The lowest BCUT2D eigenvalue weighted by molar-refractivity contribution is -0.122. The second-order valence-corrected chi connectivity index (χ2v) is 10.9. The molecule has 8 nitrogen and oxygen atoms in total. The molecule has 1 N–H and O–H groups in total. The van der Waals surface area contributed by atoms with Crippen LogP contribution in [0.1, 0.15) is 61.8 Å². The van der Waals surface area contributed by atoms with E-state index in [-0.39, 0.29) is 17.0 Å². The fourth-order valence-corrected chi connectivity index (χ4v) is 5.79. The number of thioether (sulfide) groups is 1. The number of hydrogen-bond acceptors (Lipinski definition) is 8. The van der Waals surface area contributed by atoms with E-state index in [0.717, 1.165) is 24.8 Å². The Morgan fingerprint density at radius 2 is 1.85 bits per heavy atom. The van der Waals surface area contributed by atoms with Crippen molar-refractivity contribution >= 4 is 46.1 Å². The summed E-state index contributed by atoms with van der Waals surface area (Å²) in [6.07, 6.45) is 6.10. The summed E-state index contributed by atoms with van der Waals surface area (Å²) in [5, 5.41) is 13.3. The number of unbranched alkanes of at least 4 members (excludes halogenated alkanes) is 2. The Kier molecular flexibility index (Phi) is 11.0. The lowest BCUT2D eigenvalue weighted by Crippen LogP contribution is -2.29. The second-order valence-electron chi connectivity index (χ2n) is 9.24. The van der Waals surface area contributed by atoms with E-state index in [1.54, 1.807) is 36.7 Å². The van der Waals surface area contributed by atoms with Crippen LogP contribution in [0.15, 0.2) is 27.9 Å². The summed E-state index contributed by atoms with van der Waals surface area (Å²) in [5.74, 6) is 1.76. The second kappa shape index (κ2) is 14.2. The number of benzene rings is 1. The van der Waals surface area contributed by atoms with Crippen LogP contribution in [-0.2, 0) is 17.8 Å². The van der Waals surface area contributed by atoms with Crippen molar-refractivity contribution in [2.75, 3.05) is 32.6 Å². The van der Waals surface area contributed by atoms with E-state index in [1.807, 2.05) is 25.1 Å². The maximum absolute atomic E-state index is 13.3. The largest absolute Gasteiger partial charge is 0.493 e. The first-order valence-corrected chi connectivity index (χ1v) is 14.4. The first-order valence-electron chi connectivity index (χ1n) is 13.2. The third-order valence-electron chi connectivity index (χ3n) is 6.61. The van der Waals surface area contributed by atoms with Gasteiger partial charge in [-0.2, -0.15) is 5.26 Å². The summed E-state index contributed by atoms with van der Waals surface area (Å²) in [6.45, 7) is 7.39. The van der Waals surface area contributed by atoms with E-state index < -0.39 is 0 Å². The predicted molar refractivity (Wildman–Crippen MR) is 162 cm³/mol. The smallest absolute Gasteiger partial charge is 0.270 e. The van der Waals surface area contributed by atoms with Crippen molar-refractivity contribution < 1.29 is 14.3 Å². The fraction of sp³-hybridized carbons (Fsp3) is 0.448. The number of anilines is 1. The molecule has 0 aliphatic carbocycles. The van der Waals surface area contributed by atoms with Crippen LogP contribution in [0, 0.1) is 18.3 Å². The van der Waals surface area contributed by atoms with Crippen molar-refractivity contribution in [3.05, 3.63) is 55.7 Å². The third kappa shape index (κ3) is 6.84. The van der Waals surface area contributed by atoms with E-state index in [9.17, 15) is 14.9 Å². The lowest BCUT2D eigenvalue weighted by Gasteiger charge is -2.20. The number of ether oxygens (including phenoxy) is 2. The number of thiocarbonyl (C=S) groups is 1. The average molecular weight is 569 g/mol. The van der Waals surface area contributed by atoms with Crippen molar-refractivity contribution in [2.24, 2.45) is 0 Å². The third-order valence-corrected chi connectivity index (χ3v) is 7.99. The Labute approximate surface area is 240 Å². The van der Waals surface area contributed by atoms with Gasteiger partial charge in [0.05, 0.1) is 19.1 Å². The van der Waals surface area contributed by atoms with Gasteiger partial charge in [-0.05, 0) is 55.5 Å². The zero-order valence-electron chi connectivity index (χ0n) is 23.3. The van der Waals surface area contributed by atoms with Gasteiger partial charge in [-0.3, -0.25) is 19.1 Å². The number of hydrogen-bond donors (Lipinski definition) is 1. The van der Waals surface area contributed by atoms with Gasteiger partial charge in [0.25, 0.3) is 11.5 Å². The van der Waals surface area contributed by atoms with Gasteiger partial charge in [-0.25, -0.2) is 0 Å². The van der Waals surface area contributed by atoms with E-state index in [0.29, 0.717) is 70.1 Å². The molecule has 1 saturated heterocycles. The summed E-state index contributed by atoms with van der Waals surface area (Å²) >= 11 is 6.77. The molecular weight excluding hydrogens is 532 g/mol. The zero-order chi connectivity index (χ0) is 28.5. The first-order chi connectivity index (χ1) is 18.8. The lowest BCUT2D eigenvalue weighted by atomic mass is 10.0. The van der Waals surface area contributed by atoms with Crippen LogP contribution in [-0.4, -0.2) is 47.0 Å².